The zero-order valence-corrected chi connectivity index (χ0v) is 11.7. The van der Waals surface area contributed by atoms with E-state index in [0.29, 0.717) is 6.61 Å². The van der Waals surface area contributed by atoms with Gasteiger partial charge in [0.2, 0.25) is 0 Å². The van der Waals surface area contributed by atoms with Crippen LogP contribution in [0, 0.1) is 13.8 Å². The molecule has 0 fully saturated rings. The molecule has 2 aromatic rings. The van der Waals surface area contributed by atoms with Crippen LogP contribution in [0.2, 0.25) is 0 Å². The van der Waals surface area contributed by atoms with Gasteiger partial charge in [-0.1, -0.05) is 41.5 Å². The molecule has 1 atom stereocenters. The van der Waals surface area contributed by atoms with Crippen LogP contribution in [-0.2, 0) is 6.61 Å². The third-order valence-electron chi connectivity index (χ3n) is 3.13. The minimum atomic E-state index is -0.520. The molecule has 2 rings (SSSR count). The lowest BCUT2D eigenvalue weighted by molar-refractivity contribution is 0.190. The highest BCUT2D eigenvalue weighted by molar-refractivity contribution is 5.38. The lowest BCUT2D eigenvalue weighted by atomic mass is 10.1. The largest absolute Gasteiger partial charge is 0.489 e. The van der Waals surface area contributed by atoms with Crippen LogP contribution < -0.4 is 4.74 Å². The summed E-state index contributed by atoms with van der Waals surface area (Å²) in [4.78, 5) is 0. The molecule has 0 amide bonds. The van der Waals surface area contributed by atoms with Crippen LogP contribution in [0.15, 0.2) is 42.5 Å². The lowest BCUT2D eigenvalue weighted by Crippen LogP contribution is -2.01. The quantitative estimate of drug-likeness (QED) is 0.898. The molecule has 0 radical (unpaired) electrons. The Morgan fingerprint density at radius 3 is 2.26 bits per heavy atom. The van der Waals surface area contributed by atoms with Crippen LogP contribution in [0.3, 0.4) is 0 Å². The van der Waals surface area contributed by atoms with Gasteiger partial charge in [0.25, 0.3) is 0 Å². The van der Waals surface area contributed by atoms with Crippen molar-refractivity contribution in [3.8, 4) is 5.75 Å². The van der Waals surface area contributed by atoms with Crippen molar-refractivity contribution < 1.29 is 9.84 Å². The number of aryl methyl sites for hydroxylation is 2. The smallest absolute Gasteiger partial charge is 0.125 e. The van der Waals surface area contributed by atoms with E-state index in [1.165, 1.54) is 5.56 Å². The number of ether oxygens (including phenoxy) is 1. The number of aliphatic hydroxyl groups excluding tert-OH is 1. The summed E-state index contributed by atoms with van der Waals surface area (Å²) >= 11 is 0. The van der Waals surface area contributed by atoms with Crippen molar-refractivity contribution in [3.63, 3.8) is 0 Å². The van der Waals surface area contributed by atoms with Crippen LogP contribution >= 0.6 is 0 Å². The van der Waals surface area contributed by atoms with Crippen molar-refractivity contribution in [2.45, 2.75) is 33.5 Å². The molecule has 0 spiro atoms. The predicted molar refractivity (Wildman–Crippen MR) is 77.3 cm³/mol. The molecule has 0 aromatic heterocycles. The molecule has 0 saturated heterocycles. The standard InChI is InChI=1S/C17H20O2/c1-12-4-7-15(8-5-12)11-19-17-9-6-13(2)10-16(17)14(3)18/h4-10,14,18H,11H2,1-3H3/t14-/m0/s1. The van der Waals surface area contributed by atoms with Crippen molar-refractivity contribution in [1.82, 2.24) is 0 Å². The molecule has 100 valence electrons. The summed E-state index contributed by atoms with van der Waals surface area (Å²) in [5.74, 6) is 0.751. The van der Waals surface area contributed by atoms with E-state index in [-0.39, 0.29) is 0 Å². The molecule has 0 bridgehead atoms. The van der Waals surface area contributed by atoms with Gasteiger partial charge in [0.1, 0.15) is 12.4 Å². The van der Waals surface area contributed by atoms with E-state index in [1.807, 2.05) is 25.1 Å². The molecular formula is C17H20O2. The molecule has 0 unspecified atom stereocenters. The van der Waals surface area contributed by atoms with E-state index in [9.17, 15) is 5.11 Å². The number of rotatable bonds is 4. The predicted octanol–water partition coefficient (Wildman–Crippen LogP) is 3.94. The summed E-state index contributed by atoms with van der Waals surface area (Å²) < 4.78 is 5.82. The van der Waals surface area contributed by atoms with Gasteiger partial charge in [-0.15, -0.1) is 0 Å². The third kappa shape index (κ3) is 3.58. The van der Waals surface area contributed by atoms with Crippen LogP contribution in [0.5, 0.6) is 5.75 Å². The van der Waals surface area contributed by atoms with Crippen molar-refractivity contribution in [1.29, 1.82) is 0 Å². The molecule has 2 aromatic carbocycles. The zero-order chi connectivity index (χ0) is 13.8. The molecule has 0 aliphatic carbocycles. The second-order valence-electron chi connectivity index (χ2n) is 4.99. The summed E-state index contributed by atoms with van der Waals surface area (Å²) in [7, 11) is 0. The van der Waals surface area contributed by atoms with Crippen LogP contribution in [0.25, 0.3) is 0 Å². The van der Waals surface area contributed by atoms with Crippen molar-refractivity contribution in [3.05, 3.63) is 64.7 Å². The Kier molecular flexibility index (Phi) is 4.23. The molecule has 0 aliphatic heterocycles. The average Bonchev–Trinajstić information content (AvgIpc) is 2.39. The fraction of sp³-hybridized carbons (Fsp3) is 0.294. The second-order valence-corrected chi connectivity index (χ2v) is 4.99. The Labute approximate surface area is 114 Å². The first-order chi connectivity index (χ1) is 9.06. The fourth-order valence-electron chi connectivity index (χ4n) is 1.97. The Balaban J connectivity index is 2.13. The molecule has 0 aliphatic rings. The van der Waals surface area contributed by atoms with E-state index in [1.54, 1.807) is 6.92 Å². The highest BCUT2D eigenvalue weighted by atomic mass is 16.5. The first-order valence-corrected chi connectivity index (χ1v) is 6.53. The number of benzene rings is 2. The van der Waals surface area contributed by atoms with Gasteiger partial charge in [0, 0.05) is 5.56 Å². The molecule has 2 nitrogen and oxygen atoms in total. The summed E-state index contributed by atoms with van der Waals surface area (Å²) in [6, 6.07) is 14.2. The summed E-state index contributed by atoms with van der Waals surface area (Å²) in [5, 5.41) is 9.78. The summed E-state index contributed by atoms with van der Waals surface area (Å²) in [5.41, 5.74) is 4.33. The highest BCUT2D eigenvalue weighted by Crippen LogP contribution is 2.27. The molecule has 0 heterocycles. The number of hydrogen-bond acceptors (Lipinski definition) is 2. The van der Waals surface area contributed by atoms with Crippen molar-refractivity contribution >= 4 is 0 Å². The highest BCUT2D eigenvalue weighted by Gasteiger charge is 2.09. The van der Waals surface area contributed by atoms with Gasteiger partial charge in [0.05, 0.1) is 6.10 Å². The fourth-order valence-corrected chi connectivity index (χ4v) is 1.97. The topological polar surface area (TPSA) is 29.5 Å². The first-order valence-electron chi connectivity index (χ1n) is 6.53. The summed E-state index contributed by atoms with van der Waals surface area (Å²) in [6.45, 7) is 6.35. The van der Waals surface area contributed by atoms with Gasteiger partial charge in [-0.2, -0.15) is 0 Å². The Hall–Kier alpha value is -1.80. The molecule has 19 heavy (non-hydrogen) atoms. The van der Waals surface area contributed by atoms with E-state index >= 15 is 0 Å². The number of hydrogen-bond donors (Lipinski definition) is 1. The van der Waals surface area contributed by atoms with E-state index in [2.05, 4.69) is 31.2 Å². The van der Waals surface area contributed by atoms with Gasteiger partial charge < -0.3 is 9.84 Å². The number of aliphatic hydroxyl groups is 1. The average molecular weight is 256 g/mol. The van der Waals surface area contributed by atoms with E-state index < -0.39 is 6.10 Å². The Bertz CT molecular complexity index is 542. The summed E-state index contributed by atoms with van der Waals surface area (Å²) in [6.07, 6.45) is -0.520. The van der Waals surface area contributed by atoms with Crippen molar-refractivity contribution in [2.75, 3.05) is 0 Å². The van der Waals surface area contributed by atoms with Crippen LogP contribution in [0.4, 0.5) is 0 Å². The molecule has 1 N–H and O–H groups in total. The van der Waals surface area contributed by atoms with Crippen LogP contribution in [0.1, 0.15) is 35.3 Å². The Morgan fingerprint density at radius 1 is 1.00 bits per heavy atom. The van der Waals surface area contributed by atoms with Gasteiger partial charge in [-0.25, -0.2) is 0 Å². The normalized spacial score (nSPS) is 12.2. The maximum absolute atomic E-state index is 9.78. The second kappa shape index (κ2) is 5.89. The van der Waals surface area contributed by atoms with E-state index in [4.69, 9.17) is 4.74 Å². The van der Waals surface area contributed by atoms with Crippen LogP contribution in [-0.4, -0.2) is 5.11 Å². The van der Waals surface area contributed by atoms with Crippen molar-refractivity contribution in [2.24, 2.45) is 0 Å². The molecule has 2 heteroatoms. The monoisotopic (exact) mass is 256 g/mol. The Morgan fingerprint density at radius 2 is 1.63 bits per heavy atom. The minimum Gasteiger partial charge on any atom is -0.489 e. The lowest BCUT2D eigenvalue weighted by Gasteiger charge is -2.14. The van der Waals surface area contributed by atoms with Gasteiger partial charge >= 0.3 is 0 Å². The third-order valence-corrected chi connectivity index (χ3v) is 3.13. The first kappa shape index (κ1) is 13.6. The zero-order valence-electron chi connectivity index (χ0n) is 11.7. The molecule has 0 saturated carbocycles. The minimum absolute atomic E-state index is 0.517. The SMILES string of the molecule is Cc1ccc(COc2ccc(C)cc2[C@H](C)O)cc1. The maximum atomic E-state index is 9.78. The molecular weight excluding hydrogens is 236 g/mol. The van der Waals surface area contributed by atoms with E-state index in [0.717, 1.165) is 22.4 Å². The van der Waals surface area contributed by atoms with Gasteiger partial charge in [-0.3, -0.25) is 0 Å². The van der Waals surface area contributed by atoms with Gasteiger partial charge in [-0.05, 0) is 38.5 Å². The van der Waals surface area contributed by atoms with Gasteiger partial charge in [0.15, 0.2) is 0 Å². The maximum Gasteiger partial charge on any atom is 0.125 e.